The van der Waals surface area contributed by atoms with Gasteiger partial charge in [0.1, 0.15) is 0 Å². The number of ether oxygens (including phenoxy) is 1. The summed E-state index contributed by atoms with van der Waals surface area (Å²) < 4.78 is 6.14. The number of hydrogen-bond acceptors (Lipinski definition) is 3. The van der Waals surface area contributed by atoms with Gasteiger partial charge in [-0.1, -0.05) is 19.8 Å². The van der Waals surface area contributed by atoms with Crippen LogP contribution < -0.4 is 0 Å². The van der Waals surface area contributed by atoms with Gasteiger partial charge in [0.15, 0.2) is 0 Å². The molecule has 116 valence electrons. The molecule has 0 aromatic rings. The Kier molecular flexibility index (Phi) is 4.40. The van der Waals surface area contributed by atoms with Crippen molar-refractivity contribution in [1.82, 2.24) is 4.90 Å². The number of nitrogens with zero attached hydrogens (tertiary/aromatic N) is 1. The highest BCUT2D eigenvalue weighted by Gasteiger charge is 2.47. The minimum Gasteiger partial charge on any atom is -0.390 e. The Hall–Kier alpha value is -0.120. The Morgan fingerprint density at radius 3 is 2.65 bits per heavy atom. The van der Waals surface area contributed by atoms with Crippen LogP contribution in [0, 0.1) is 5.92 Å². The van der Waals surface area contributed by atoms with Crippen LogP contribution in [0.15, 0.2) is 0 Å². The van der Waals surface area contributed by atoms with Gasteiger partial charge in [0, 0.05) is 13.2 Å². The zero-order valence-electron chi connectivity index (χ0n) is 13.1. The fraction of sp³-hybridized carbons (Fsp3) is 1.00. The molecule has 1 spiro atoms. The highest BCUT2D eigenvalue weighted by Crippen LogP contribution is 2.47. The summed E-state index contributed by atoms with van der Waals surface area (Å²) in [6.45, 7) is 6.44. The molecule has 0 aromatic heterocycles. The van der Waals surface area contributed by atoms with E-state index in [9.17, 15) is 5.11 Å². The molecule has 2 heterocycles. The van der Waals surface area contributed by atoms with Crippen molar-refractivity contribution in [3.8, 4) is 0 Å². The lowest BCUT2D eigenvalue weighted by molar-refractivity contribution is -0.143. The van der Waals surface area contributed by atoms with Gasteiger partial charge in [-0.25, -0.2) is 0 Å². The molecule has 0 aromatic carbocycles. The van der Waals surface area contributed by atoms with Gasteiger partial charge in [0.05, 0.1) is 11.2 Å². The Balaban J connectivity index is 1.67. The number of aliphatic hydroxyl groups is 1. The standard InChI is InChI=1S/C17H31NO2/c1-2-18-11-5-9-17(19,10-12-18)15-6-13-20-16(14-15)7-3-4-8-16/h15,19H,2-14H2,1H3. The van der Waals surface area contributed by atoms with Crippen molar-refractivity contribution in [2.24, 2.45) is 5.92 Å². The van der Waals surface area contributed by atoms with E-state index < -0.39 is 5.60 Å². The van der Waals surface area contributed by atoms with E-state index in [4.69, 9.17) is 4.74 Å². The second-order valence-electron chi connectivity index (χ2n) is 7.32. The molecule has 1 N–H and O–H groups in total. The zero-order valence-corrected chi connectivity index (χ0v) is 13.1. The molecular weight excluding hydrogens is 250 g/mol. The minimum atomic E-state index is -0.427. The fourth-order valence-electron chi connectivity index (χ4n) is 4.78. The maximum atomic E-state index is 11.3. The lowest BCUT2D eigenvalue weighted by Gasteiger charge is -2.45. The topological polar surface area (TPSA) is 32.7 Å². The smallest absolute Gasteiger partial charge is 0.0690 e. The van der Waals surface area contributed by atoms with Crippen LogP contribution in [0.3, 0.4) is 0 Å². The quantitative estimate of drug-likeness (QED) is 0.844. The van der Waals surface area contributed by atoms with E-state index in [1.807, 2.05) is 0 Å². The van der Waals surface area contributed by atoms with Crippen LogP contribution in [0.4, 0.5) is 0 Å². The van der Waals surface area contributed by atoms with Crippen molar-refractivity contribution in [3.63, 3.8) is 0 Å². The Morgan fingerprint density at radius 1 is 1.10 bits per heavy atom. The van der Waals surface area contributed by atoms with E-state index in [0.29, 0.717) is 5.92 Å². The number of rotatable bonds is 2. The summed E-state index contributed by atoms with van der Waals surface area (Å²) in [5, 5.41) is 11.3. The molecule has 1 saturated carbocycles. The fourth-order valence-corrected chi connectivity index (χ4v) is 4.78. The average molecular weight is 281 g/mol. The van der Waals surface area contributed by atoms with Crippen molar-refractivity contribution in [3.05, 3.63) is 0 Å². The molecule has 0 radical (unpaired) electrons. The second-order valence-corrected chi connectivity index (χ2v) is 7.32. The lowest BCUT2D eigenvalue weighted by atomic mass is 9.72. The molecule has 2 saturated heterocycles. The van der Waals surface area contributed by atoms with Crippen molar-refractivity contribution in [1.29, 1.82) is 0 Å². The SMILES string of the molecule is CCN1CCCC(O)(C2CCOC3(CCCC3)C2)CC1. The van der Waals surface area contributed by atoms with E-state index >= 15 is 0 Å². The predicted octanol–water partition coefficient (Wildman–Crippen LogP) is 2.96. The summed E-state index contributed by atoms with van der Waals surface area (Å²) in [6.07, 6.45) is 10.3. The molecule has 3 nitrogen and oxygen atoms in total. The summed E-state index contributed by atoms with van der Waals surface area (Å²) in [5.41, 5.74) is -0.293. The first-order valence-corrected chi connectivity index (χ1v) is 8.75. The van der Waals surface area contributed by atoms with Crippen molar-refractivity contribution >= 4 is 0 Å². The molecule has 20 heavy (non-hydrogen) atoms. The first-order chi connectivity index (χ1) is 9.66. The monoisotopic (exact) mass is 281 g/mol. The molecule has 3 aliphatic rings. The summed E-state index contributed by atoms with van der Waals surface area (Å²) in [5.74, 6) is 0.464. The number of likely N-dealkylation sites (tertiary alicyclic amines) is 1. The largest absolute Gasteiger partial charge is 0.390 e. The Labute approximate surface area is 123 Å². The van der Waals surface area contributed by atoms with Gasteiger partial charge in [-0.3, -0.25) is 0 Å². The molecule has 2 aliphatic heterocycles. The van der Waals surface area contributed by atoms with Crippen LogP contribution in [0.5, 0.6) is 0 Å². The van der Waals surface area contributed by atoms with Gasteiger partial charge in [0.25, 0.3) is 0 Å². The summed E-state index contributed by atoms with van der Waals surface area (Å²) in [4.78, 5) is 2.49. The van der Waals surface area contributed by atoms with Crippen molar-refractivity contribution in [2.45, 2.75) is 75.9 Å². The lowest BCUT2D eigenvalue weighted by Crippen LogP contribution is -2.48. The van der Waals surface area contributed by atoms with Gasteiger partial charge in [-0.15, -0.1) is 0 Å². The van der Waals surface area contributed by atoms with Gasteiger partial charge in [-0.05, 0) is 64.0 Å². The van der Waals surface area contributed by atoms with E-state index in [1.165, 1.54) is 25.7 Å². The molecular formula is C17H31NO2. The first kappa shape index (κ1) is 14.8. The van der Waals surface area contributed by atoms with Crippen LogP contribution in [0.25, 0.3) is 0 Å². The second kappa shape index (κ2) is 5.94. The van der Waals surface area contributed by atoms with Gasteiger partial charge in [0.2, 0.25) is 0 Å². The van der Waals surface area contributed by atoms with E-state index in [2.05, 4.69) is 11.8 Å². The molecule has 2 unspecified atom stereocenters. The predicted molar refractivity (Wildman–Crippen MR) is 80.8 cm³/mol. The highest BCUT2D eigenvalue weighted by molar-refractivity contribution is 4.98. The zero-order chi connectivity index (χ0) is 14.1. The third-order valence-electron chi connectivity index (χ3n) is 6.16. The van der Waals surface area contributed by atoms with Crippen molar-refractivity contribution in [2.75, 3.05) is 26.2 Å². The molecule has 1 aliphatic carbocycles. The normalized spacial score (nSPS) is 39.0. The Morgan fingerprint density at radius 2 is 1.90 bits per heavy atom. The first-order valence-electron chi connectivity index (χ1n) is 8.75. The molecule has 3 fully saturated rings. The van der Waals surface area contributed by atoms with Crippen LogP contribution in [0.2, 0.25) is 0 Å². The maximum absolute atomic E-state index is 11.3. The van der Waals surface area contributed by atoms with Crippen molar-refractivity contribution < 1.29 is 9.84 Å². The Bertz CT molecular complexity index is 327. The maximum Gasteiger partial charge on any atom is 0.0690 e. The van der Waals surface area contributed by atoms with Gasteiger partial charge < -0.3 is 14.7 Å². The molecule has 2 atom stereocenters. The summed E-state index contributed by atoms with van der Waals surface area (Å²) in [7, 11) is 0. The highest BCUT2D eigenvalue weighted by atomic mass is 16.5. The molecule has 3 heteroatoms. The van der Waals surface area contributed by atoms with Crippen LogP contribution in [0.1, 0.15) is 64.7 Å². The van der Waals surface area contributed by atoms with E-state index in [1.54, 1.807) is 0 Å². The minimum absolute atomic E-state index is 0.134. The van der Waals surface area contributed by atoms with E-state index in [0.717, 1.165) is 58.3 Å². The average Bonchev–Trinajstić information content (AvgIpc) is 2.80. The third kappa shape index (κ3) is 2.90. The van der Waals surface area contributed by atoms with Crippen LogP contribution in [-0.4, -0.2) is 47.4 Å². The van der Waals surface area contributed by atoms with Crippen LogP contribution in [-0.2, 0) is 4.74 Å². The third-order valence-corrected chi connectivity index (χ3v) is 6.16. The van der Waals surface area contributed by atoms with Gasteiger partial charge in [-0.2, -0.15) is 0 Å². The molecule has 0 amide bonds. The summed E-state index contributed by atoms with van der Waals surface area (Å²) in [6, 6.07) is 0. The van der Waals surface area contributed by atoms with Crippen LogP contribution >= 0.6 is 0 Å². The molecule has 3 rings (SSSR count). The van der Waals surface area contributed by atoms with E-state index in [-0.39, 0.29) is 5.60 Å². The number of hydrogen-bond donors (Lipinski definition) is 1. The summed E-state index contributed by atoms with van der Waals surface area (Å²) >= 11 is 0. The molecule has 0 bridgehead atoms. The van der Waals surface area contributed by atoms with Gasteiger partial charge >= 0.3 is 0 Å².